The Balaban J connectivity index is 2.04. The lowest BCUT2D eigenvalue weighted by Crippen LogP contribution is -2.38. The first-order chi connectivity index (χ1) is 10.7. The van der Waals surface area contributed by atoms with Crippen molar-refractivity contribution in [2.75, 3.05) is 38.3 Å². The molecule has 0 amide bonds. The highest BCUT2D eigenvalue weighted by molar-refractivity contribution is 5.97. The summed E-state index contributed by atoms with van der Waals surface area (Å²) in [5.41, 5.74) is 2.52. The molecule has 1 saturated heterocycles. The number of ether oxygens (including phenoxy) is 2. The van der Waals surface area contributed by atoms with Crippen LogP contribution in [0.5, 0.6) is 5.75 Å². The van der Waals surface area contributed by atoms with E-state index in [1.165, 1.54) is 0 Å². The number of hydrogen-bond acceptors (Lipinski definition) is 5. The molecule has 6 heteroatoms. The van der Waals surface area contributed by atoms with Crippen molar-refractivity contribution in [1.29, 1.82) is 0 Å². The molecule has 0 saturated carbocycles. The number of aromatic amines is 1. The van der Waals surface area contributed by atoms with Crippen LogP contribution >= 0.6 is 0 Å². The monoisotopic (exact) mass is 301 g/mol. The van der Waals surface area contributed by atoms with E-state index < -0.39 is 5.97 Å². The molecule has 0 atom stereocenters. The number of carbonyl (C=O) groups is 1. The first-order valence-corrected chi connectivity index (χ1v) is 7.10. The predicted octanol–water partition coefficient (Wildman–Crippen LogP) is 0.890. The van der Waals surface area contributed by atoms with E-state index in [1.807, 2.05) is 29.2 Å². The number of nitrogens with zero attached hydrogens (tertiary/aromatic N) is 1. The molecule has 2 heterocycles. The third-order valence-electron chi connectivity index (χ3n) is 3.79. The molecule has 0 radical (unpaired) electrons. The minimum atomic E-state index is -1.21. The van der Waals surface area contributed by atoms with E-state index in [0.717, 1.165) is 16.9 Å². The molecule has 22 heavy (non-hydrogen) atoms. The average Bonchev–Trinajstić information content (AvgIpc) is 3.01. The van der Waals surface area contributed by atoms with Crippen molar-refractivity contribution in [3.05, 3.63) is 36.2 Å². The van der Waals surface area contributed by atoms with E-state index in [2.05, 4.69) is 4.98 Å². The van der Waals surface area contributed by atoms with Crippen molar-refractivity contribution in [3.63, 3.8) is 0 Å². The lowest BCUT2D eigenvalue weighted by Gasteiger charge is -2.30. The number of morpholine rings is 1. The van der Waals surface area contributed by atoms with E-state index in [-0.39, 0.29) is 5.69 Å². The maximum atomic E-state index is 11.4. The molecule has 1 aliphatic rings. The van der Waals surface area contributed by atoms with Crippen molar-refractivity contribution in [1.82, 2.24) is 4.98 Å². The van der Waals surface area contributed by atoms with Gasteiger partial charge in [0.2, 0.25) is 0 Å². The highest BCUT2D eigenvalue weighted by Gasteiger charge is 2.21. The molecule has 1 fully saturated rings. The van der Waals surface area contributed by atoms with Gasteiger partial charge in [0, 0.05) is 24.8 Å². The lowest BCUT2D eigenvalue weighted by molar-refractivity contribution is -0.255. The maximum Gasteiger partial charge on any atom is 0.118 e. The number of carboxylic acids is 1. The molecule has 0 bridgehead atoms. The number of aromatic nitrogens is 1. The quantitative estimate of drug-likeness (QED) is 0.907. The molecule has 1 aromatic heterocycles. The molecule has 6 nitrogen and oxygen atoms in total. The Bertz CT molecular complexity index is 657. The highest BCUT2D eigenvalue weighted by atomic mass is 16.5. The summed E-state index contributed by atoms with van der Waals surface area (Å²) in [6.45, 7) is 2.47. The molecule has 1 N–H and O–H groups in total. The first kappa shape index (κ1) is 14.5. The van der Waals surface area contributed by atoms with Gasteiger partial charge in [0.15, 0.2) is 0 Å². The van der Waals surface area contributed by atoms with Crippen LogP contribution in [0, 0.1) is 0 Å². The second-order valence-electron chi connectivity index (χ2n) is 5.04. The number of hydrogen-bond donors (Lipinski definition) is 1. The number of aromatic carboxylic acids is 1. The molecule has 2 aromatic rings. The molecular formula is C16H17N2O4-. The number of nitrogens with one attached hydrogen (secondary N) is 1. The van der Waals surface area contributed by atoms with Crippen LogP contribution in [0.25, 0.3) is 11.1 Å². The van der Waals surface area contributed by atoms with Crippen LogP contribution in [-0.4, -0.2) is 44.4 Å². The van der Waals surface area contributed by atoms with Crippen molar-refractivity contribution in [2.45, 2.75) is 0 Å². The maximum absolute atomic E-state index is 11.4. The molecule has 0 spiro atoms. The summed E-state index contributed by atoms with van der Waals surface area (Å²) in [5.74, 6) is -0.450. The molecule has 1 aromatic carbocycles. The Morgan fingerprint density at radius 3 is 2.55 bits per heavy atom. The smallest absolute Gasteiger partial charge is 0.118 e. The van der Waals surface area contributed by atoms with Gasteiger partial charge in [-0.3, -0.25) is 0 Å². The van der Waals surface area contributed by atoms with Gasteiger partial charge < -0.3 is 29.3 Å². The van der Waals surface area contributed by atoms with E-state index in [1.54, 1.807) is 13.3 Å². The summed E-state index contributed by atoms with van der Waals surface area (Å²) < 4.78 is 10.5. The summed E-state index contributed by atoms with van der Waals surface area (Å²) >= 11 is 0. The average molecular weight is 301 g/mol. The number of H-pyrrole nitrogens is 1. The fourth-order valence-electron chi connectivity index (χ4n) is 2.68. The Kier molecular flexibility index (Phi) is 4.02. The van der Waals surface area contributed by atoms with Crippen molar-refractivity contribution in [3.8, 4) is 16.9 Å². The highest BCUT2D eigenvalue weighted by Crippen LogP contribution is 2.35. The summed E-state index contributed by atoms with van der Waals surface area (Å²) in [6, 6.07) is 7.52. The van der Waals surface area contributed by atoms with Crippen LogP contribution in [0.15, 0.2) is 30.5 Å². The van der Waals surface area contributed by atoms with E-state index in [4.69, 9.17) is 9.47 Å². The molecule has 3 rings (SSSR count). The van der Waals surface area contributed by atoms with Crippen LogP contribution in [-0.2, 0) is 4.74 Å². The third-order valence-corrected chi connectivity index (χ3v) is 3.79. The first-order valence-electron chi connectivity index (χ1n) is 7.10. The summed E-state index contributed by atoms with van der Waals surface area (Å²) in [6.07, 6.45) is 1.71. The number of rotatable bonds is 4. The SMILES string of the molecule is COc1ccc(-c2c[nH]c(C(=O)[O-])c2N2CCOCC2)cc1. The van der Waals surface area contributed by atoms with Gasteiger partial charge in [-0.2, -0.15) is 0 Å². The van der Waals surface area contributed by atoms with Crippen molar-refractivity contribution >= 4 is 11.7 Å². The van der Waals surface area contributed by atoms with Crippen molar-refractivity contribution < 1.29 is 19.4 Å². The van der Waals surface area contributed by atoms with E-state index >= 15 is 0 Å². The molecule has 1 aliphatic heterocycles. The number of benzene rings is 1. The Morgan fingerprint density at radius 1 is 1.27 bits per heavy atom. The topological polar surface area (TPSA) is 77.6 Å². The number of anilines is 1. The number of carboxylic acid groups (broad SMARTS) is 1. The predicted molar refractivity (Wildman–Crippen MR) is 80.1 cm³/mol. The van der Waals surface area contributed by atoms with Crippen LogP contribution in [0.4, 0.5) is 5.69 Å². The van der Waals surface area contributed by atoms with Gasteiger partial charge in [-0.1, -0.05) is 12.1 Å². The van der Waals surface area contributed by atoms with E-state index in [0.29, 0.717) is 32.0 Å². The van der Waals surface area contributed by atoms with Gasteiger partial charge in [-0.25, -0.2) is 0 Å². The van der Waals surface area contributed by atoms with Gasteiger partial charge in [-0.15, -0.1) is 0 Å². The lowest BCUT2D eigenvalue weighted by atomic mass is 10.1. The third kappa shape index (κ3) is 2.65. The standard InChI is InChI=1S/C16H18N2O4/c1-21-12-4-2-11(3-5-12)13-10-17-14(16(19)20)15(13)18-6-8-22-9-7-18/h2-5,10,17H,6-9H2,1H3,(H,19,20)/p-1. The summed E-state index contributed by atoms with van der Waals surface area (Å²) in [5, 5.41) is 11.4. The second-order valence-corrected chi connectivity index (χ2v) is 5.04. The molecule has 0 aliphatic carbocycles. The second kappa shape index (κ2) is 6.11. The van der Waals surface area contributed by atoms with Crippen LogP contribution in [0.3, 0.4) is 0 Å². The fraction of sp³-hybridized carbons (Fsp3) is 0.312. The van der Waals surface area contributed by atoms with E-state index in [9.17, 15) is 9.90 Å². The Hall–Kier alpha value is -2.47. The Labute approximate surface area is 128 Å². The normalized spacial score (nSPS) is 14.9. The minimum Gasteiger partial charge on any atom is -0.543 e. The zero-order valence-corrected chi connectivity index (χ0v) is 12.3. The minimum absolute atomic E-state index is 0.104. The Morgan fingerprint density at radius 2 is 1.95 bits per heavy atom. The summed E-state index contributed by atoms with van der Waals surface area (Å²) in [7, 11) is 1.61. The largest absolute Gasteiger partial charge is 0.543 e. The van der Waals surface area contributed by atoms with Gasteiger partial charge in [-0.05, 0) is 17.7 Å². The van der Waals surface area contributed by atoms with Gasteiger partial charge >= 0.3 is 0 Å². The van der Waals surface area contributed by atoms with Gasteiger partial charge in [0.05, 0.1) is 37.7 Å². The van der Waals surface area contributed by atoms with Gasteiger partial charge in [0.25, 0.3) is 0 Å². The number of carbonyl (C=O) groups excluding carboxylic acids is 1. The van der Waals surface area contributed by atoms with Crippen LogP contribution in [0.2, 0.25) is 0 Å². The fourth-order valence-corrected chi connectivity index (χ4v) is 2.68. The number of methoxy groups -OCH3 is 1. The molecular weight excluding hydrogens is 284 g/mol. The van der Waals surface area contributed by atoms with Crippen LogP contribution in [0.1, 0.15) is 10.5 Å². The summed E-state index contributed by atoms with van der Waals surface area (Å²) in [4.78, 5) is 16.2. The van der Waals surface area contributed by atoms with Crippen molar-refractivity contribution in [2.24, 2.45) is 0 Å². The molecule has 116 valence electrons. The van der Waals surface area contributed by atoms with Gasteiger partial charge in [0.1, 0.15) is 5.75 Å². The van der Waals surface area contributed by atoms with Crippen LogP contribution < -0.4 is 14.7 Å². The molecule has 0 unspecified atom stereocenters. The zero-order valence-electron chi connectivity index (χ0n) is 12.3. The zero-order chi connectivity index (χ0) is 15.5.